The van der Waals surface area contributed by atoms with Crippen LogP contribution in [0.5, 0.6) is 11.5 Å². The van der Waals surface area contributed by atoms with Gasteiger partial charge in [-0.15, -0.1) is 0 Å². The van der Waals surface area contributed by atoms with Crippen LogP contribution in [0.1, 0.15) is 31.0 Å². The number of thiazole rings is 1. The number of allylic oxidation sites excluding steroid dienone is 1. The van der Waals surface area contributed by atoms with Gasteiger partial charge >= 0.3 is 5.97 Å². The van der Waals surface area contributed by atoms with Crippen LogP contribution in [0, 0.1) is 3.57 Å². The van der Waals surface area contributed by atoms with E-state index >= 15 is 0 Å². The predicted octanol–water partition coefficient (Wildman–Crippen LogP) is 3.42. The summed E-state index contributed by atoms with van der Waals surface area (Å²) in [6.07, 6.45) is 1.84. The average molecular weight is 590 g/mol. The molecule has 7 nitrogen and oxygen atoms in total. The number of esters is 1. The molecule has 1 atom stereocenters. The van der Waals surface area contributed by atoms with Crippen LogP contribution in [0.25, 0.3) is 6.08 Å². The van der Waals surface area contributed by atoms with Crippen LogP contribution >= 0.6 is 33.9 Å². The summed E-state index contributed by atoms with van der Waals surface area (Å²) in [5.74, 6) is 0.578. The number of rotatable bonds is 6. The van der Waals surface area contributed by atoms with Crippen LogP contribution in [0.4, 0.5) is 0 Å². The largest absolute Gasteiger partial charge is 0.497 e. The number of benzene rings is 2. The Hall–Kier alpha value is -2.92. The first-order valence-corrected chi connectivity index (χ1v) is 12.4. The van der Waals surface area contributed by atoms with E-state index in [0.29, 0.717) is 37.7 Å². The summed E-state index contributed by atoms with van der Waals surface area (Å²) in [5, 5.41) is 0. The monoisotopic (exact) mass is 590 g/mol. The molecule has 0 saturated heterocycles. The van der Waals surface area contributed by atoms with Crippen molar-refractivity contribution in [1.29, 1.82) is 0 Å². The van der Waals surface area contributed by atoms with Crippen molar-refractivity contribution < 1.29 is 19.0 Å². The van der Waals surface area contributed by atoms with Gasteiger partial charge in [-0.3, -0.25) is 9.36 Å². The molecular weight excluding hydrogens is 567 g/mol. The number of hydrogen-bond acceptors (Lipinski definition) is 7. The molecule has 0 saturated carbocycles. The molecule has 0 spiro atoms. The number of fused-ring (bicyclic) bond motifs is 1. The third kappa shape index (κ3) is 4.54. The van der Waals surface area contributed by atoms with Crippen molar-refractivity contribution >= 4 is 46.0 Å². The number of hydrogen-bond donors (Lipinski definition) is 0. The van der Waals surface area contributed by atoms with Crippen LogP contribution in [-0.2, 0) is 9.53 Å². The van der Waals surface area contributed by atoms with Gasteiger partial charge in [0, 0.05) is 9.13 Å². The van der Waals surface area contributed by atoms with Gasteiger partial charge in [-0.25, -0.2) is 9.79 Å². The zero-order chi connectivity index (χ0) is 24.4. The van der Waals surface area contributed by atoms with Crippen molar-refractivity contribution in [2.75, 3.05) is 20.8 Å². The fraction of sp³-hybridized carbons (Fsp3) is 0.240. The Morgan fingerprint density at radius 2 is 1.91 bits per heavy atom. The van der Waals surface area contributed by atoms with Crippen molar-refractivity contribution in [2.24, 2.45) is 4.99 Å². The zero-order valence-corrected chi connectivity index (χ0v) is 22.1. The van der Waals surface area contributed by atoms with E-state index in [1.165, 1.54) is 11.3 Å². The molecule has 0 radical (unpaired) electrons. The molecule has 2 heterocycles. The molecular formula is C25H23IN2O5S. The molecule has 2 aromatic carbocycles. The first kappa shape index (κ1) is 24.2. The maximum atomic E-state index is 13.7. The molecule has 0 amide bonds. The number of carbonyl (C=O) groups excluding carboxylic acids is 1. The third-order valence-corrected chi connectivity index (χ3v) is 7.12. The van der Waals surface area contributed by atoms with E-state index in [2.05, 4.69) is 27.6 Å². The van der Waals surface area contributed by atoms with Gasteiger partial charge in [0.1, 0.15) is 17.5 Å². The van der Waals surface area contributed by atoms with Gasteiger partial charge in [-0.1, -0.05) is 23.5 Å². The second-order valence-electron chi connectivity index (χ2n) is 7.46. The first-order chi connectivity index (χ1) is 16.4. The Balaban J connectivity index is 2.01. The van der Waals surface area contributed by atoms with Crippen LogP contribution in [-0.4, -0.2) is 31.4 Å². The van der Waals surface area contributed by atoms with E-state index in [0.717, 1.165) is 9.13 Å². The molecule has 9 heteroatoms. The van der Waals surface area contributed by atoms with Crippen molar-refractivity contribution in [2.45, 2.75) is 19.9 Å². The normalized spacial score (nSPS) is 15.6. The Kier molecular flexibility index (Phi) is 7.22. The fourth-order valence-electron chi connectivity index (χ4n) is 3.85. The minimum Gasteiger partial charge on any atom is -0.497 e. The lowest BCUT2D eigenvalue weighted by molar-refractivity contribution is -0.139. The highest BCUT2D eigenvalue weighted by Crippen LogP contribution is 2.37. The molecule has 176 valence electrons. The van der Waals surface area contributed by atoms with Crippen molar-refractivity contribution in [3.8, 4) is 11.5 Å². The summed E-state index contributed by atoms with van der Waals surface area (Å²) in [5.41, 5.74) is 2.06. The van der Waals surface area contributed by atoms with Gasteiger partial charge in [0.15, 0.2) is 4.80 Å². The van der Waals surface area contributed by atoms with Gasteiger partial charge < -0.3 is 14.2 Å². The van der Waals surface area contributed by atoms with Crippen LogP contribution in [0.3, 0.4) is 0 Å². The Labute approximate surface area is 214 Å². The maximum Gasteiger partial charge on any atom is 0.338 e. The molecule has 1 aromatic heterocycles. The number of halogens is 1. The number of ether oxygens (including phenoxy) is 3. The molecule has 1 aliphatic rings. The summed E-state index contributed by atoms with van der Waals surface area (Å²) in [6, 6.07) is 12.4. The van der Waals surface area contributed by atoms with E-state index < -0.39 is 12.0 Å². The molecule has 0 bridgehead atoms. The first-order valence-electron chi connectivity index (χ1n) is 10.5. The van der Waals surface area contributed by atoms with E-state index in [9.17, 15) is 9.59 Å². The smallest absolute Gasteiger partial charge is 0.338 e. The highest BCUT2D eigenvalue weighted by molar-refractivity contribution is 14.1. The van der Waals surface area contributed by atoms with E-state index in [1.807, 2.05) is 30.3 Å². The van der Waals surface area contributed by atoms with Crippen LogP contribution in [0.15, 0.2) is 63.5 Å². The van der Waals surface area contributed by atoms with E-state index in [-0.39, 0.29) is 12.2 Å². The lowest BCUT2D eigenvalue weighted by Crippen LogP contribution is -2.40. The maximum absolute atomic E-state index is 13.7. The topological polar surface area (TPSA) is 79.1 Å². The molecule has 0 unspecified atom stereocenters. The Morgan fingerprint density at radius 1 is 1.18 bits per heavy atom. The van der Waals surface area contributed by atoms with Crippen molar-refractivity contribution in [3.63, 3.8) is 0 Å². The predicted molar refractivity (Wildman–Crippen MR) is 139 cm³/mol. The van der Waals surface area contributed by atoms with E-state index in [4.69, 9.17) is 14.2 Å². The molecule has 0 fully saturated rings. The quantitative estimate of drug-likeness (QED) is 0.325. The van der Waals surface area contributed by atoms with Gasteiger partial charge in [0.2, 0.25) is 0 Å². The summed E-state index contributed by atoms with van der Waals surface area (Å²) < 4.78 is 19.6. The minimum absolute atomic E-state index is 0.203. The highest BCUT2D eigenvalue weighted by atomic mass is 127. The van der Waals surface area contributed by atoms with Gasteiger partial charge in [-0.2, -0.15) is 0 Å². The molecule has 0 N–H and O–H groups in total. The molecule has 4 rings (SSSR count). The lowest BCUT2D eigenvalue weighted by Gasteiger charge is -2.26. The molecule has 0 aliphatic carbocycles. The van der Waals surface area contributed by atoms with Gasteiger partial charge in [-0.05, 0) is 78.4 Å². The Bertz CT molecular complexity index is 1450. The number of nitrogens with zero attached hydrogens (tertiary/aromatic N) is 2. The van der Waals surface area contributed by atoms with Gasteiger partial charge in [0.25, 0.3) is 5.56 Å². The van der Waals surface area contributed by atoms with Crippen LogP contribution < -0.4 is 24.4 Å². The molecule has 3 aromatic rings. The second kappa shape index (κ2) is 10.1. The SMILES string of the molecule is CCOC(=O)C1=C(C)N=c2s/c(=C\c3ccc(I)cc3)c(=O)n2[C@@H]1c1cc(OC)ccc1OC. The average Bonchev–Trinajstić information content (AvgIpc) is 3.13. The fourth-order valence-corrected chi connectivity index (χ4v) is 5.26. The summed E-state index contributed by atoms with van der Waals surface area (Å²) >= 11 is 3.52. The second-order valence-corrected chi connectivity index (χ2v) is 9.72. The lowest BCUT2D eigenvalue weighted by atomic mass is 9.94. The third-order valence-electron chi connectivity index (χ3n) is 5.42. The Morgan fingerprint density at radius 3 is 2.56 bits per heavy atom. The molecule has 34 heavy (non-hydrogen) atoms. The van der Waals surface area contributed by atoms with Crippen molar-refractivity contribution in [1.82, 2.24) is 4.57 Å². The molecule has 1 aliphatic heterocycles. The minimum atomic E-state index is -0.778. The number of carbonyl (C=O) groups is 1. The summed E-state index contributed by atoms with van der Waals surface area (Å²) in [6.45, 7) is 3.70. The number of methoxy groups -OCH3 is 2. The standard InChI is InChI=1S/C25H23IN2O5S/c1-5-33-24(30)21-14(2)27-25-28(22(21)18-13-17(31-3)10-11-19(18)32-4)23(29)20(34-25)12-15-6-8-16(26)9-7-15/h6-13,22H,5H2,1-4H3/b20-12-/t22-/m1/s1. The summed E-state index contributed by atoms with van der Waals surface area (Å²) in [4.78, 5) is 31.9. The van der Waals surface area contributed by atoms with Gasteiger partial charge in [0.05, 0.1) is 36.6 Å². The highest BCUT2D eigenvalue weighted by Gasteiger charge is 2.35. The van der Waals surface area contributed by atoms with Crippen LogP contribution in [0.2, 0.25) is 0 Å². The summed E-state index contributed by atoms with van der Waals surface area (Å²) in [7, 11) is 3.11. The number of aromatic nitrogens is 1. The van der Waals surface area contributed by atoms with Crippen molar-refractivity contribution in [3.05, 3.63) is 88.1 Å². The zero-order valence-electron chi connectivity index (χ0n) is 19.1. The van der Waals surface area contributed by atoms with E-state index in [1.54, 1.807) is 50.8 Å².